The number of halogens is 3. The average Bonchev–Trinajstić information content (AvgIpc) is 1.94. The van der Waals surface area contributed by atoms with Gasteiger partial charge in [0.05, 0.1) is 6.42 Å². The molecule has 1 rings (SSSR count). The minimum atomic E-state index is -4.27. The largest absolute Gasteiger partial charge is 0.394 e. The number of pyridine rings is 1. The van der Waals surface area contributed by atoms with E-state index in [1.165, 1.54) is 23.9 Å². The van der Waals surface area contributed by atoms with Gasteiger partial charge in [-0.2, -0.15) is 13.2 Å². The maximum atomic E-state index is 11.9. The zero-order valence-electron chi connectivity index (χ0n) is 6.93. The van der Waals surface area contributed by atoms with Crippen molar-refractivity contribution in [2.75, 3.05) is 0 Å². The van der Waals surface area contributed by atoms with Gasteiger partial charge in [0.2, 0.25) is 0 Å². The second kappa shape index (κ2) is 3.24. The Balaban J connectivity index is 3.01. The van der Waals surface area contributed by atoms with Crippen molar-refractivity contribution in [2.45, 2.75) is 12.6 Å². The molecular formula is C8H8F3NO. The van der Waals surface area contributed by atoms with Crippen LogP contribution in [0.5, 0.6) is 0 Å². The molecule has 0 N–H and O–H groups in total. The van der Waals surface area contributed by atoms with Gasteiger partial charge in [0, 0.05) is 31.1 Å². The fraction of sp³-hybridized carbons (Fsp3) is 0.375. The second-order valence-electron chi connectivity index (χ2n) is 2.76. The van der Waals surface area contributed by atoms with Gasteiger partial charge >= 0.3 is 6.18 Å². The summed E-state index contributed by atoms with van der Waals surface area (Å²) >= 11 is 0. The fourth-order valence-electron chi connectivity index (χ4n) is 0.976. The van der Waals surface area contributed by atoms with Crippen molar-refractivity contribution in [3.63, 3.8) is 0 Å². The van der Waals surface area contributed by atoms with E-state index < -0.39 is 18.0 Å². The molecule has 0 aromatic carbocycles. The first kappa shape index (κ1) is 9.83. The van der Waals surface area contributed by atoms with Crippen LogP contribution in [0.25, 0.3) is 0 Å². The van der Waals surface area contributed by atoms with E-state index in [-0.39, 0.29) is 5.69 Å². The van der Waals surface area contributed by atoms with E-state index in [1.807, 2.05) is 0 Å². The van der Waals surface area contributed by atoms with Crippen molar-refractivity contribution < 1.29 is 13.2 Å². The zero-order chi connectivity index (χ0) is 10.1. The first-order chi connectivity index (χ1) is 5.88. The van der Waals surface area contributed by atoms with Gasteiger partial charge in [-0.1, -0.05) is 0 Å². The molecule has 5 heteroatoms. The Kier molecular flexibility index (Phi) is 2.45. The molecular weight excluding hydrogens is 183 g/mol. The summed E-state index contributed by atoms with van der Waals surface area (Å²) in [5.74, 6) is 0. The van der Waals surface area contributed by atoms with Gasteiger partial charge in [-0.25, -0.2) is 0 Å². The maximum absolute atomic E-state index is 11.9. The van der Waals surface area contributed by atoms with Crippen LogP contribution in [0.15, 0.2) is 23.1 Å². The first-order valence-electron chi connectivity index (χ1n) is 3.61. The lowest BCUT2D eigenvalue weighted by molar-refractivity contribution is -0.128. The Hall–Kier alpha value is -1.26. The Morgan fingerprint density at radius 1 is 1.46 bits per heavy atom. The number of aryl methyl sites for hydroxylation is 1. The molecule has 0 atom stereocenters. The average molecular weight is 191 g/mol. The Morgan fingerprint density at radius 2 is 2.08 bits per heavy atom. The van der Waals surface area contributed by atoms with Crippen LogP contribution in [0.2, 0.25) is 0 Å². The van der Waals surface area contributed by atoms with Crippen molar-refractivity contribution >= 4 is 0 Å². The molecule has 1 heterocycles. The third kappa shape index (κ3) is 2.93. The molecule has 72 valence electrons. The molecule has 0 saturated carbocycles. The maximum Gasteiger partial charge on any atom is 0.394 e. The van der Waals surface area contributed by atoms with Crippen LogP contribution in [0.3, 0.4) is 0 Å². The topological polar surface area (TPSA) is 22.0 Å². The Labute approximate surface area is 72.6 Å². The monoisotopic (exact) mass is 191 g/mol. The lowest BCUT2D eigenvalue weighted by atomic mass is 10.2. The highest BCUT2D eigenvalue weighted by molar-refractivity contribution is 5.07. The van der Waals surface area contributed by atoms with Crippen molar-refractivity contribution in [3.05, 3.63) is 34.2 Å². The summed E-state index contributed by atoms with van der Waals surface area (Å²) in [4.78, 5) is 10.7. The van der Waals surface area contributed by atoms with Gasteiger partial charge in [0.15, 0.2) is 5.43 Å². The summed E-state index contributed by atoms with van der Waals surface area (Å²) in [7, 11) is 1.47. The smallest absolute Gasteiger partial charge is 0.354 e. The van der Waals surface area contributed by atoms with Crippen LogP contribution in [0.4, 0.5) is 13.2 Å². The molecule has 0 radical (unpaired) electrons. The van der Waals surface area contributed by atoms with Gasteiger partial charge in [-0.15, -0.1) is 0 Å². The molecule has 0 amide bonds. The number of alkyl halides is 3. The summed E-state index contributed by atoms with van der Waals surface area (Å²) in [6, 6.07) is 2.22. The van der Waals surface area contributed by atoms with E-state index in [1.54, 1.807) is 0 Å². The summed E-state index contributed by atoms with van der Waals surface area (Å²) in [5.41, 5.74) is -0.433. The van der Waals surface area contributed by atoms with E-state index in [0.717, 1.165) is 6.07 Å². The van der Waals surface area contributed by atoms with E-state index in [4.69, 9.17) is 0 Å². The molecule has 0 bridgehead atoms. The van der Waals surface area contributed by atoms with Crippen LogP contribution in [-0.4, -0.2) is 10.7 Å². The fourth-order valence-corrected chi connectivity index (χ4v) is 0.976. The molecule has 0 saturated heterocycles. The van der Waals surface area contributed by atoms with Crippen LogP contribution < -0.4 is 5.43 Å². The number of nitrogens with zero attached hydrogens (tertiary/aromatic N) is 1. The standard InChI is InChI=1S/C8H8F3NO/c1-12-3-2-7(13)4-6(12)5-8(9,10)11/h2-4H,5H2,1H3. The van der Waals surface area contributed by atoms with Crippen LogP contribution >= 0.6 is 0 Å². The normalized spacial score (nSPS) is 11.7. The van der Waals surface area contributed by atoms with Crippen LogP contribution in [0, 0.1) is 0 Å². The quantitative estimate of drug-likeness (QED) is 0.659. The molecule has 0 fully saturated rings. The van der Waals surface area contributed by atoms with Crippen molar-refractivity contribution in [3.8, 4) is 0 Å². The van der Waals surface area contributed by atoms with Gasteiger partial charge in [-0.3, -0.25) is 4.79 Å². The molecule has 0 aliphatic heterocycles. The minimum absolute atomic E-state index is 0.0278. The Morgan fingerprint density at radius 3 is 2.62 bits per heavy atom. The summed E-state index contributed by atoms with van der Waals surface area (Å²) in [5, 5.41) is 0. The molecule has 1 aromatic heterocycles. The van der Waals surface area contributed by atoms with E-state index in [9.17, 15) is 18.0 Å². The SMILES string of the molecule is Cn1ccc(=O)cc1CC(F)(F)F. The Bertz CT molecular complexity index is 353. The molecule has 0 aliphatic rings. The van der Waals surface area contributed by atoms with Crippen molar-refractivity contribution in [2.24, 2.45) is 7.05 Å². The van der Waals surface area contributed by atoms with Crippen molar-refractivity contribution in [1.82, 2.24) is 4.57 Å². The third-order valence-electron chi connectivity index (χ3n) is 1.61. The number of aromatic nitrogens is 1. The highest BCUT2D eigenvalue weighted by atomic mass is 19.4. The molecule has 2 nitrogen and oxygen atoms in total. The lowest BCUT2D eigenvalue weighted by Crippen LogP contribution is -2.17. The number of rotatable bonds is 1. The predicted molar refractivity (Wildman–Crippen MR) is 41.4 cm³/mol. The summed E-state index contributed by atoms with van der Waals surface area (Å²) in [6.45, 7) is 0. The molecule has 0 aliphatic carbocycles. The molecule has 13 heavy (non-hydrogen) atoms. The van der Waals surface area contributed by atoms with E-state index >= 15 is 0 Å². The van der Waals surface area contributed by atoms with E-state index in [2.05, 4.69) is 0 Å². The molecule has 1 aromatic rings. The number of hydrogen-bond acceptors (Lipinski definition) is 1. The van der Waals surface area contributed by atoms with Gasteiger partial charge in [0.1, 0.15) is 0 Å². The summed E-state index contributed by atoms with van der Waals surface area (Å²) in [6.07, 6.45) is -4.02. The highest BCUT2D eigenvalue weighted by Crippen LogP contribution is 2.19. The number of hydrogen-bond donors (Lipinski definition) is 0. The molecule has 0 unspecified atom stereocenters. The van der Waals surface area contributed by atoms with Gasteiger partial charge in [0.25, 0.3) is 0 Å². The van der Waals surface area contributed by atoms with Gasteiger partial charge in [-0.05, 0) is 0 Å². The second-order valence-corrected chi connectivity index (χ2v) is 2.76. The summed E-state index contributed by atoms with van der Waals surface area (Å²) < 4.78 is 37.1. The third-order valence-corrected chi connectivity index (χ3v) is 1.61. The van der Waals surface area contributed by atoms with Crippen LogP contribution in [-0.2, 0) is 13.5 Å². The van der Waals surface area contributed by atoms with Gasteiger partial charge < -0.3 is 4.57 Å². The van der Waals surface area contributed by atoms with Crippen molar-refractivity contribution in [1.29, 1.82) is 0 Å². The highest BCUT2D eigenvalue weighted by Gasteiger charge is 2.28. The molecule has 0 spiro atoms. The minimum Gasteiger partial charge on any atom is -0.354 e. The first-order valence-corrected chi connectivity index (χ1v) is 3.61. The predicted octanol–water partition coefficient (Wildman–Crippen LogP) is 1.49. The van der Waals surface area contributed by atoms with E-state index in [0.29, 0.717) is 0 Å². The van der Waals surface area contributed by atoms with Crippen LogP contribution in [0.1, 0.15) is 5.69 Å². The lowest BCUT2D eigenvalue weighted by Gasteiger charge is -2.09. The zero-order valence-corrected chi connectivity index (χ0v) is 6.93.